The number of aliphatic hydroxyl groups is 5. The van der Waals surface area contributed by atoms with Crippen LogP contribution in [0.2, 0.25) is 0 Å². The lowest BCUT2D eigenvalue weighted by atomic mass is 9.42. The Morgan fingerprint density at radius 2 is 1.78 bits per heavy atom. The first-order chi connectivity index (χ1) is 17.0. The van der Waals surface area contributed by atoms with Crippen LogP contribution in [0.5, 0.6) is 0 Å². The maximum Gasteiger partial charge on any atom is 0.334 e. The van der Waals surface area contributed by atoms with Gasteiger partial charge in [0.15, 0.2) is 5.78 Å². The lowest BCUT2D eigenvalue weighted by Crippen LogP contribution is -2.74. The van der Waals surface area contributed by atoms with E-state index in [1.54, 1.807) is 27.7 Å². The smallest absolute Gasteiger partial charge is 0.334 e. The van der Waals surface area contributed by atoms with Crippen LogP contribution in [0, 0.1) is 22.7 Å². The molecule has 37 heavy (non-hydrogen) atoms. The van der Waals surface area contributed by atoms with Crippen molar-refractivity contribution in [3.05, 3.63) is 23.3 Å². The fourth-order valence-corrected chi connectivity index (χ4v) is 9.46. The number of aliphatic hydroxyl groups excluding tert-OH is 2. The molecule has 6 aliphatic rings. The first kappa shape index (κ1) is 25.6. The molecule has 0 bridgehead atoms. The number of esters is 1. The van der Waals surface area contributed by atoms with E-state index in [9.17, 15) is 35.1 Å². The Bertz CT molecular complexity index is 1160. The molecule has 0 aromatic rings. The fraction of sp³-hybridized carbons (Fsp3) is 0.786. The Morgan fingerprint density at radius 1 is 1.11 bits per heavy atom. The number of cyclic esters (lactones) is 1. The second-order valence-corrected chi connectivity index (χ2v) is 13.1. The summed E-state index contributed by atoms with van der Waals surface area (Å²) >= 11 is 0. The van der Waals surface area contributed by atoms with E-state index in [1.807, 2.05) is 0 Å². The van der Waals surface area contributed by atoms with E-state index in [-0.39, 0.29) is 25.0 Å². The van der Waals surface area contributed by atoms with Crippen molar-refractivity contribution >= 4 is 11.8 Å². The van der Waals surface area contributed by atoms with Crippen LogP contribution in [-0.4, -0.2) is 84.1 Å². The number of epoxide rings is 1. The normalized spacial score (nSPS) is 56.1. The standard InChI is InChI=1S/C28H38O9/c1-13-10-20(36-22(32)14(13)2)25(5,33)26(34)12-19(31)27(35)16-11-21-28(37-21)18(30)7-6-17(29)24(28,4)15(16)8-9-23(26,27)3/h6-7,15-16,18-21,30-31,33-35H,8-12H2,1-5H3/t15-,16+,18-,19-,20?,21+,23+,24-,25-,26-,27-,28+/m0/s1. The number of rotatable bonds is 2. The largest absolute Gasteiger partial charge is 0.455 e. The molecule has 2 aliphatic heterocycles. The summed E-state index contributed by atoms with van der Waals surface area (Å²) in [5.74, 6) is -1.79. The van der Waals surface area contributed by atoms with Gasteiger partial charge in [0, 0.05) is 23.8 Å². The first-order valence-corrected chi connectivity index (χ1v) is 13.3. The molecule has 3 saturated carbocycles. The minimum Gasteiger partial charge on any atom is -0.455 e. The third kappa shape index (κ3) is 2.53. The summed E-state index contributed by atoms with van der Waals surface area (Å²) in [6.07, 6.45) is -0.235. The molecule has 204 valence electrons. The van der Waals surface area contributed by atoms with Crippen molar-refractivity contribution in [1.82, 2.24) is 0 Å². The van der Waals surface area contributed by atoms with E-state index in [4.69, 9.17) is 9.47 Å². The average Bonchev–Trinajstić information content (AvgIpc) is 3.54. The third-order valence-corrected chi connectivity index (χ3v) is 12.1. The van der Waals surface area contributed by atoms with Crippen molar-refractivity contribution in [3.8, 4) is 0 Å². The van der Waals surface area contributed by atoms with Crippen LogP contribution in [0.1, 0.15) is 66.7 Å². The molecule has 12 atom stereocenters. The summed E-state index contributed by atoms with van der Waals surface area (Å²) < 4.78 is 11.6. The third-order valence-electron chi connectivity index (χ3n) is 12.1. The van der Waals surface area contributed by atoms with Gasteiger partial charge in [-0.1, -0.05) is 12.5 Å². The highest BCUT2D eigenvalue weighted by Crippen LogP contribution is 2.75. The second kappa shape index (κ2) is 7.11. The average molecular weight is 519 g/mol. The van der Waals surface area contributed by atoms with Crippen molar-refractivity contribution in [1.29, 1.82) is 0 Å². The van der Waals surface area contributed by atoms with Gasteiger partial charge in [-0.05, 0) is 70.9 Å². The number of ketones is 1. The topological polar surface area (TPSA) is 157 Å². The molecule has 2 heterocycles. The molecule has 0 amide bonds. The minimum absolute atomic E-state index is 0.177. The Kier molecular flexibility index (Phi) is 4.93. The summed E-state index contributed by atoms with van der Waals surface area (Å²) in [6.45, 7) is 8.32. The highest BCUT2D eigenvalue weighted by molar-refractivity contribution is 5.98. The quantitative estimate of drug-likeness (QED) is 0.262. The van der Waals surface area contributed by atoms with Crippen LogP contribution in [0.15, 0.2) is 23.3 Å². The van der Waals surface area contributed by atoms with Gasteiger partial charge in [0.2, 0.25) is 0 Å². The molecular weight excluding hydrogens is 480 g/mol. The number of ether oxygens (including phenoxy) is 2. The van der Waals surface area contributed by atoms with E-state index >= 15 is 0 Å². The highest BCUT2D eigenvalue weighted by Gasteiger charge is 2.85. The van der Waals surface area contributed by atoms with Crippen molar-refractivity contribution in [3.63, 3.8) is 0 Å². The molecule has 6 rings (SSSR count). The lowest BCUT2D eigenvalue weighted by Gasteiger charge is -2.63. The second-order valence-electron chi connectivity index (χ2n) is 13.1. The van der Waals surface area contributed by atoms with E-state index in [1.165, 1.54) is 19.1 Å². The van der Waals surface area contributed by atoms with Gasteiger partial charge in [-0.3, -0.25) is 4.79 Å². The van der Waals surface area contributed by atoms with Crippen molar-refractivity contribution in [2.45, 2.75) is 114 Å². The summed E-state index contributed by atoms with van der Waals surface area (Å²) in [5, 5.41) is 59.1. The Morgan fingerprint density at radius 3 is 2.43 bits per heavy atom. The predicted molar refractivity (Wildman–Crippen MR) is 129 cm³/mol. The van der Waals surface area contributed by atoms with Crippen LogP contribution in [0.25, 0.3) is 0 Å². The number of allylic oxidation sites excluding steroid dienone is 1. The molecule has 1 spiro atoms. The number of carbonyl (C=O) groups is 2. The molecule has 0 radical (unpaired) electrons. The van der Waals surface area contributed by atoms with Gasteiger partial charge in [-0.25, -0.2) is 4.79 Å². The number of carbonyl (C=O) groups excluding carboxylic acids is 2. The van der Waals surface area contributed by atoms with Crippen LogP contribution >= 0.6 is 0 Å². The van der Waals surface area contributed by atoms with Crippen molar-refractivity contribution in [2.75, 3.05) is 0 Å². The first-order valence-electron chi connectivity index (χ1n) is 13.3. The van der Waals surface area contributed by atoms with Gasteiger partial charge in [0.05, 0.1) is 17.6 Å². The Hall–Kier alpha value is -1.62. The van der Waals surface area contributed by atoms with Gasteiger partial charge in [0.25, 0.3) is 0 Å². The molecule has 9 nitrogen and oxygen atoms in total. The predicted octanol–water partition coefficient (Wildman–Crippen LogP) is 0.696. The summed E-state index contributed by atoms with van der Waals surface area (Å²) in [5.41, 5.74) is -8.19. The highest BCUT2D eigenvalue weighted by atomic mass is 16.6. The van der Waals surface area contributed by atoms with Crippen LogP contribution in [-0.2, 0) is 19.1 Å². The Labute approximate surface area is 216 Å². The zero-order valence-corrected chi connectivity index (χ0v) is 22.0. The molecule has 5 N–H and O–H groups in total. The van der Waals surface area contributed by atoms with Gasteiger partial charge < -0.3 is 35.0 Å². The maximum atomic E-state index is 13.4. The maximum absolute atomic E-state index is 13.4. The lowest BCUT2D eigenvalue weighted by molar-refractivity contribution is -0.287. The van der Waals surface area contributed by atoms with Gasteiger partial charge >= 0.3 is 5.97 Å². The van der Waals surface area contributed by atoms with Gasteiger partial charge in [-0.2, -0.15) is 0 Å². The summed E-state index contributed by atoms with van der Waals surface area (Å²) in [4.78, 5) is 25.8. The molecular formula is C28H38O9. The zero-order valence-electron chi connectivity index (χ0n) is 22.0. The minimum atomic E-state index is -2.01. The Balaban J connectivity index is 1.42. The number of fused-ring (bicyclic) bond motifs is 4. The van der Waals surface area contributed by atoms with Crippen LogP contribution < -0.4 is 0 Å². The molecule has 9 heteroatoms. The molecule has 4 aliphatic carbocycles. The monoisotopic (exact) mass is 518 g/mol. The van der Waals surface area contributed by atoms with Crippen LogP contribution in [0.3, 0.4) is 0 Å². The van der Waals surface area contributed by atoms with E-state index in [0.29, 0.717) is 18.4 Å². The summed E-state index contributed by atoms with van der Waals surface area (Å²) in [6, 6.07) is 0. The molecule has 0 aromatic heterocycles. The fourth-order valence-electron chi connectivity index (χ4n) is 9.46. The van der Waals surface area contributed by atoms with Gasteiger partial charge in [0.1, 0.15) is 34.6 Å². The number of hydrogen-bond donors (Lipinski definition) is 5. The van der Waals surface area contributed by atoms with E-state index in [2.05, 4.69) is 0 Å². The number of hydrogen-bond acceptors (Lipinski definition) is 9. The van der Waals surface area contributed by atoms with E-state index in [0.717, 1.165) is 5.57 Å². The molecule has 4 fully saturated rings. The van der Waals surface area contributed by atoms with E-state index < -0.39 is 75.5 Å². The van der Waals surface area contributed by atoms with Crippen molar-refractivity contribution < 1.29 is 44.6 Å². The van der Waals surface area contributed by atoms with Crippen LogP contribution in [0.4, 0.5) is 0 Å². The molecule has 0 aromatic carbocycles. The zero-order chi connectivity index (χ0) is 27.1. The molecule has 1 saturated heterocycles. The SMILES string of the molecule is CC1=C(C)C(=O)OC([C@](C)(O)[C@]2(O)C[C@H](O)[C@@]3(O)[C@@H]4C[C@H]5O[C@]56[C@@H](O)C=CC(=O)[C@]6(C)[C@H]4CC[C@@]32C)C1. The van der Waals surface area contributed by atoms with Gasteiger partial charge in [-0.15, -0.1) is 0 Å². The summed E-state index contributed by atoms with van der Waals surface area (Å²) in [7, 11) is 0. The molecule has 1 unspecified atom stereocenters. The van der Waals surface area contributed by atoms with Crippen molar-refractivity contribution in [2.24, 2.45) is 22.7 Å².